The molecule has 0 saturated heterocycles. The molecule has 34 heavy (non-hydrogen) atoms. The summed E-state index contributed by atoms with van der Waals surface area (Å²) < 4.78 is 27.5. The van der Waals surface area contributed by atoms with Crippen LogP contribution in [-0.2, 0) is 15.4 Å². The Morgan fingerprint density at radius 3 is 2.12 bits per heavy atom. The zero-order chi connectivity index (χ0) is 23.3. The second kappa shape index (κ2) is 8.16. The summed E-state index contributed by atoms with van der Waals surface area (Å²) in [6.07, 6.45) is 7.75. The minimum absolute atomic E-state index is 0.160. The zero-order valence-corrected chi connectivity index (χ0v) is 20.2. The summed E-state index contributed by atoms with van der Waals surface area (Å²) in [6, 6.07) is 14.5. The van der Waals surface area contributed by atoms with Crippen molar-refractivity contribution >= 4 is 38.1 Å². The number of carbonyl (C=O) groups excluding carboxylic acids is 1. The number of hydrogen-bond donors (Lipinski definition) is 2. The molecule has 1 amide bonds. The Bertz CT molecular complexity index is 1280. The number of anilines is 2. The van der Waals surface area contributed by atoms with E-state index in [2.05, 4.69) is 20.2 Å². The van der Waals surface area contributed by atoms with Crippen molar-refractivity contribution in [3.05, 3.63) is 65.2 Å². The standard InChI is InChI=1S/C25H26N4O3S2/c30-22(19-6-8-20(9-7-19)29-34(31,32)21-4-2-1-3-5-21)26-24-28-27-23(33-24)25-13-16-10-17(14-25)12-18(11-16)15-25/h1-9,16-18,29H,10-15H2,(H,26,28,30). The number of aromatic nitrogens is 2. The predicted octanol–water partition coefficient (Wildman–Crippen LogP) is 5.06. The quantitative estimate of drug-likeness (QED) is 0.499. The van der Waals surface area contributed by atoms with Crippen LogP contribution in [0.15, 0.2) is 59.5 Å². The topological polar surface area (TPSA) is 101 Å². The van der Waals surface area contributed by atoms with Crippen LogP contribution >= 0.6 is 11.3 Å². The first kappa shape index (κ1) is 21.7. The molecule has 0 aliphatic heterocycles. The number of sulfonamides is 1. The maximum atomic E-state index is 12.8. The highest BCUT2D eigenvalue weighted by Crippen LogP contribution is 2.61. The van der Waals surface area contributed by atoms with Crippen molar-refractivity contribution in [3.63, 3.8) is 0 Å². The van der Waals surface area contributed by atoms with Crippen LogP contribution < -0.4 is 10.0 Å². The fraction of sp³-hybridized carbons (Fsp3) is 0.400. The van der Waals surface area contributed by atoms with Crippen molar-refractivity contribution in [2.45, 2.75) is 48.8 Å². The van der Waals surface area contributed by atoms with Gasteiger partial charge in [0, 0.05) is 16.7 Å². The van der Waals surface area contributed by atoms with Gasteiger partial charge in [0.2, 0.25) is 5.13 Å². The van der Waals surface area contributed by atoms with E-state index in [1.54, 1.807) is 42.5 Å². The molecule has 4 aliphatic rings. The normalized spacial score (nSPS) is 27.5. The van der Waals surface area contributed by atoms with Crippen LogP contribution in [0.25, 0.3) is 0 Å². The minimum Gasteiger partial charge on any atom is -0.296 e. The largest absolute Gasteiger partial charge is 0.296 e. The smallest absolute Gasteiger partial charge is 0.261 e. The Hall–Kier alpha value is -2.78. The Balaban J connectivity index is 1.13. The van der Waals surface area contributed by atoms with Crippen LogP contribution in [0.2, 0.25) is 0 Å². The summed E-state index contributed by atoms with van der Waals surface area (Å²) >= 11 is 1.51. The number of rotatable bonds is 6. The third-order valence-electron chi connectivity index (χ3n) is 7.59. The Morgan fingerprint density at radius 1 is 0.882 bits per heavy atom. The van der Waals surface area contributed by atoms with Gasteiger partial charge in [-0.05, 0) is 92.7 Å². The molecule has 0 unspecified atom stereocenters. The lowest BCUT2D eigenvalue weighted by Gasteiger charge is -2.55. The van der Waals surface area contributed by atoms with Gasteiger partial charge in [-0.2, -0.15) is 0 Å². The second-order valence-corrected chi connectivity index (χ2v) is 12.7. The van der Waals surface area contributed by atoms with Gasteiger partial charge in [0.15, 0.2) is 0 Å². The highest BCUT2D eigenvalue weighted by Gasteiger charge is 2.53. The molecule has 0 spiro atoms. The summed E-state index contributed by atoms with van der Waals surface area (Å²) in [5.41, 5.74) is 0.974. The van der Waals surface area contributed by atoms with Gasteiger partial charge in [-0.25, -0.2) is 8.42 Å². The van der Waals surface area contributed by atoms with E-state index in [1.807, 2.05) is 0 Å². The molecule has 2 aromatic carbocycles. The molecular formula is C25H26N4O3S2. The molecule has 1 aromatic heterocycles. The molecule has 0 atom stereocenters. The molecule has 2 N–H and O–H groups in total. The predicted molar refractivity (Wildman–Crippen MR) is 131 cm³/mol. The summed E-state index contributed by atoms with van der Waals surface area (Å²) in [5, 5.41) is 13.3. The first-order chi connectivity index (χ1) is 16.4. The van der Waals surface area contributed by atoms with Crippen LogP contribution in [0.4, 0.5) is 10.8 Å². The van der Waals surface area contributed by atoms with Crippen molar-refractivity contribution in [1.82, 2.24) is 10.2 Å². The molecule has 9 heteroatoms. The van der Waals surface area contributed by atoms with E-state index in [1.165, 1.54) is 62.0 Å². The first-order valence-electron chi connectivity index (χ1n) is 11.7. The highest BCUT2D eigenvalue weighted by atomic mass is 32.2. The van der Waals surface area contributed by atoms with E-state index in [9.17, 15) is 13.2 Å². The van der Waals surface area contributed by atoms with Gasteiger partial charge in [0.05, 0.1) is 4.90 Å². The minimum atomic E-state index is -3.68. The van der Waals surface area contributed by atoms with Crippen molar-refractivity contribution in [3.8, 4) is 0 Å². The van der Waals surface area contributed by atoms with Gasteiger partial charge in [-0.15, -0.1) is 10.2 Å². The number of nitrogens with zero attached hydrogens (tertiary/aromatic N) is 2. The summed E-state index contributed by atoms with van der Waals surface area (Å²) in [7, 11) is -3.68. The van der Waals surface area contributed by atoms with Gasteiger partial charge in [0.1, 0.15) is 5.01 Å². The third kappa shape index (κ3) is 4.01. The highest BCUT2D eigenvalue weighted by molar-refractivity contribution is 7.92. The first-order valence-corrected chi connectivity index (χ1v) is 14.0. The maximum Gasteiger partial charge on any atom is 0.261 e. The number of carbonyl (C=O) groups is 1. The van der Waals surface area contributed by atoms with Crippen LogP contribution in [-0.4, -0.2) is 24.5 Å². The van der Waals surface area contributed by atoms with Crippen LogP contribution in [0.1, 0.15) is 53.9 Å². The van der Waals surface area contributed by atoms with Crippen molar-refractivity contribution in [2.24, 2.45) is 17.8 Å². The summed E-state index contributed by atoms with van der Waals surface area (Å²) in [6.45, 7) is 0. The molecule has 4 fully saturated rings. The summed E-state index contributed by atoms with van der Waals surface area (Å²) in [4.78, 5) is 13.0. The van der Waals surface area contributed by atoms with Crippen LogP contribution in [0.3, 0.4) is 0 Å². The average Bonchev–Trinajstić information content (AvgIpc) is 3.28. The average molecular weight is 495 g/mol. The Morgan fingerprint density at radius 2 is 1.50 bits per heavy atom. The fourth-order valence-corrected chi connectivity index (χ4v) is 8.57. The van der Waals surface area contributed by atoms with E-state index < -0.39 is 10.0 Å². The molecule has 4 saturated carbocycles. The number of amides is 1. The molecule has 3 aromatic rings. The molecule has 0 radical (unpaired) electrons. The zero-order valence-electron chi connectivity index (χ0n) is 18.6. The van der Waals surface area contributed by atoms with Crippen molar-refractivity contribution in [1.29, 1.82) is 0 Å². The number of nitrogens with one attached hydrogen (secondary N) is 2. The van der Waals surface area contributed by atoms with E-state index in [4.69, 9.17) is 0 Å². The molecule has 4 bridgehead atoms. The molecule has 1 heterocycles. The monoisotopic (exact) mass is 494 g/mol. The van der Waals surface area contributed by atoms with Gasteiger partial charge in [-0.1, -0.05) is 29.5 Å². The van der Waals surface area contributed by atoms with Crippen molar-refractivity contribution < 1.29 is 13.2 Å². The van der Waals surface area contributed by atoms with Crippen molar-refractivity contribution in [2.75, 3.05) is 10.0 Å². The van der Waals surface area contributed by atoms with E-state index in [0.29, 0.717) is 16.4 Å². The molecule has 7 nitrogen and oxygen atoms in total. The lowest BCUT2D eigenvalue weighted by atomic mass is 9.50. The van der Waals surface area contributed by atoms with E-state index >= 15 is 0 Å². The molecule has 4 aliphatic carbocycles. The molecular weight excluding hydrogens is 468 g/mol. The van der Waals surface area contributed by atoms with E-state index in [-0.39, 0.29) is 16.2 Å². The molecule has 7 rings (SSSR count). The Kier molecular flexibility index (Phi) is 5.22. The van der Waals surface area contributed by atoms with Gasteiger partial charge in [0.25, 0.3) is 15.9 Å². The van der Waals surface area contributed by atoms with Crippen LogP contribution in [0.5, 0.6) is 0 Å². The number of benzene rings is 2. The van der Waals surface area contributed by atoms with Gasteiger partial charge >= 0.3 is 0 Å². The fourth-order valence-electron chi connectivity index (χ4n) is 6.53. The second-order valence-electron chi connectivity index (χ2n) is 10.1. The van der Waals surface area contributed by atoms with Gasteiger partial charge in [-0.3, -0.25) is 14.8 Å². The third-order valence-corrected chi connectivity index (χ3v) is 10.1. The molecule has 176 valence electrons. The van der Waals surface area contributed by atoms with Gasteiger partial charge < -0.3 is 0 Å². The summed E-state index contributed by atoms with van der Waals surface area (Å²) in [5.74, 6) is 2.19. The Labute approximate surface area is 203 Å². The maximum absolute atomic E-state index is 12.8. The van der Waals surface area contributed by atoms with Crippen LogP contribution in [0, 0.1) is 17.8 Å². The lowest BCUT2D eigenvalue weighted by Crippen LogP contribution is -2.48. The lowest BCUT2D eigenvalue weighted by molar-refractivity contribution is -0.00555. The van der Waals surface area contributed by atoms with E-state index in [0.717, 1.165) is 22.8 Å². The number of hydrogen-bond acceptors (Lipinski definition) is 6. The SMILES string of the molecule is O=C(Nc1nnc(C23CC4CC(CC(C4)C2)C3)s1)c1ccc(NS(=O)(=O)c2ccccc2)cc1.